The van der Waals surface area contributed by atoms with E-state index in [9.17, 15) is 4.79 Å². The Kier molecular flexibility index (Phi) is 4.14. The molecule has 4 N–H and O–H groups in total. The van der Waals surface area contributed by atoms with E-state index in [0.29, 0.717) is 10.8 Å². The van der Waals surface area contributed by atoms with Gasteiger partial charge in [0.05, 0.1) is 16.4 Å². The van der Waals surface area contributed by atoms with Crippen LogP contribution in [0.4, 0.5) is 0 Å². The zero-order valence-electron chi connectivity index (χ0n) is 11.0. The van der Waals surface area contributed by atoms with Gasteiger partial charge < -0.3 is 11.1 Å². The number of aromatic nitrogens is 3. The Balaban J connectivity index is 2.10. The monoisotopic (exact) mass is 281 g/mol. The molecule has 1 aromatic heterocycles. The SMILES string of the molecule is CC(NC(=O)C1(C(N)=S)CCCCC1)c1ncn[nH]1. The number of carbonyl (C=O) groups is 1. The second-order valence-electron chi connectivity index (χ2n) is 5.07. The normalized spacial score (nSPS) is 19.6. The summed E-state index contributed by atoms with van der Waals surface area (Å²) in [5.74, 6) is 0.533. The van der Waals surface area contributed by atoms with Crippen LogP contribution in [-0.2, 0) is 4.79 Å². The molecule has 1 aliphatic carbocycles. The third kappa shape index (κ3) is 2.75. The third-order valence-electron chi connectivity index (χ3n) is 3.80. The van der Waals surface area contributed by atoms with Crippen molar-refractivity contribution in [2.75, 3.05) is 0 Å². The lowest BCUT2D eigenvalue weighted by Gasteiger charge is -2.35. The summed E-state index contributed by atoms with van der Waals surface area (Å²) in [6, 6.07) is -0.233. The Labute approximate surface area is 117 Å². The van der Waals surface area contributed by atoms with Crippen LogP contribution in [0.1, 0.15) is 50.9 Å². The maximum atomic E-state index is 12.5. The first-order chi connectivity index (χ1) is 9.06. The van der Waals surface area contributed by atoms with Crippen molar-refractivity contribution in [3.05, 3.63) is 12.2 Å². The Bertz CT molecular complexity index is 453. The van der Waals surface area contributed by atoms with E-state index in [-0.39, 0.29) is 11.9 Å². The van der Waals surface area contributed by atoms with Gasteiger partial charge in [0.25, 0.3) is 0 Å². The van der Waals surface area contributed by atoms with E-state index in [1.807, 2.05) is 6.92 Å². The lowest BCUT2D eigenvalue weighted by atomic mass is 9.73. The van der Waals surface area contributed by atoms with Crippen LogP contribution < -0.4 is 11.1 Å². The summed E-state index contributed by atoms with van der Waals surface area (Å²) in [6.45, 7) is 1.86. The molecule has 104 valence electrons. The molecule has 2 rings (SSSR count). The van der Waals surface area contributed by atoms with Gasteiger partial charge in [0.15, 0.2) is 0 Å². The molecule has 1 fully saturated rings. The average molecular weight is 281 g/mol. The number of aromatic amines is 1. The molecule has 1 aliphatic rings. The lowest BCUT2D eigenvalue weighted by molar-refractivity contribution is -0.129. The van der Waals surface area contributed by atoms with E-state index in [0.717, 1.165) is 32.1 Å². The van der Waals surface area contributed by atoms with Gasteiger partial charge in [-0.15, -0.1) is 0 Å². The van der Waals surface area contributed by atoms with Crippen molar-refractivity contribution < 1.29 is 4.79 Å². The summed E-state index contributed by atoms with van der Waals surface area (Å²) in [4.78, 5) is 16.9. The van der Waals surface area contributed by atoms with Crippen molar-refractivity contribution >= 4 is 23.1 Å². The fourth-order valence-electron chi connectivity index (χ4n) is 2.57. The second-order valence-corrected chi connectivity index (χ2v) is 5.51. The van der Waals surface area contributed by atoms with E-state index in [1.54, 1.807) is 0 Å². The van der Waals surface area contributed by atoms with Crippen LogP contribution in [0.3, 0.4) is 0 Å². The summed E-state index contributed by atoms with van der Waals surface area (Å²) in [5.41, 5.74) is 5.14. The highest BCUT2D eigenvalue weighted by atomic mass is 32.1. The Morgan fingerprint density at radius 2 is 2.21 bits per heavy atom. The minimum absolute atomic E-state index is 0.0939. The molecule has 1 unspecified atom stereocenters. The van der Waals surface area contributed by atoms with Gasteiger partial charge in [-0.3, -0.25) is 9.89 Å². The first kappa shape index (κ1) is 13.9. The molecule has 0 bridgehead atoms. The number of amides is 1. The van der Waals surface area contributed by atoms with Crippen LogP contribution in [0.15, 0.2) is 6.33 Å². The molecule has 1 aromatic rings. The van der Waals surface area contributed by atoms with Crippen LogP contribution in [0.2, 0.25) is 0 Å². The third-order valence-corrected chi connectivity index (χ3v) is 4.20. The molecule has 1 atom stereocenters. The summed E-state index contributed by atoms with van der Waals surface area (Å²) >= 11 is 5.14. The smallest absolute Gasteiger partial charge is 0.233 e. The van der Waals surface area contributed by atoms with Gasteiger partial charge in [0, 0.05) is 0 Å². The van der Waals surface area contributed by atoms with Gasteiger partial charge in [-0.05, 0) is 19.8 Å². The van der Waals surface area contributed by atoms with Crippen LogP contribution in [0.5, 0.6) is 0 Å². The summed E-state index contributed by atoms with van der Waals surface area (Å²) < 4.78 is 0. The fourth-order valence-corrected chi connectivity index (χ4v) is 2.86. The van der Waals surface area contributed by atoms with E-state index in [2.05, 4.69) is 20.5 Å². The van der Waals surface area contributed by atoms with E-state index in [1.165, 1.54) is 6.33 Å². The highest BCUT2D eigenvalue weighted by molar-refractivity contribution is 7.80. The number of carbonyl (C=O) groups excluding carboxylic acids is 1. The zero-order valence-corrected chi connectivity index (χ0v) is 11.8. The topological polar surface area (TPSA) is 96.7 Å². The molecule has 0 saturated heterocycles. The van der Waals surface area contributed by atoms with Gasteiger partial charge in [-0.1, -0.05) is 31.5 Å². The summed E-state index contributed by atoms with van der Waals surface area (Å²) in [7, 11) is 0. The maximum absolute atomic E-state index is 12.5. The van der Waals surface area contributed by atoms with Gasteiger partial charge in [0.2, 0.25) is 5.91 Å². The van der Waals surface area contributed by atoms with Crippen LogP contribution in [-0.4, -0.2) is 26.1 Å². The minimum Gasteiger partial charge on any atom is -0.392 e. The van der Waals surface area contributed by atoms with Crippen LogP contribution >= 0.6 is 12.2 Å². The molecule has 0 aromatic carbocycles. The molecule has 1 amide bonds. The maximum Gasteiger partial charge on any atom is 0.233 e. The van der Waals surface area contributed by atoms with E-state index < -0.39 is 5.41 Å². The predicted molar refractivity (Wildman–Crippen MR) is 75.2 cm³/mol. The van der Waals surface area contributed by atoms with Crippen LogP contribution in [0.25, 0.3) is 0 Å². The van der Waals surface area contributed by atoms with Gasteiger partial charge in [0.1, 0.15) is 12.2 Å². The molecule has 0 aliphatic heterocycles. The Hall–Kier alpha value is -1.50. The fraction of sp³-hybridized carbons (Fsp3) is 0.667. The number of thiocarbonyl (C=S) groups is 1. The quantitative estimate of drug-likeness (QED) is 0.721. The Morgan fingerprint density at radius 1 is 1.53 bits per heavy atom. The van der Waals surface area contributed by atoms with Gasteiger partial charge >= 0.3 is 0 Å². The van der Waals surface area contributed by atoms with Crippen molar-refractivity contribution in [2.24, 2.45) is 11.1 Å². The number of rotatable bonds is 4. The highest BCUT2D eigenvalue weighted by Crippen LogP contribution is 2.37. The molecule has 19 heavy (non-hydrogen) atoms. The van der Waals surface area contributed by atoms with Crippen molar-refractivity contribution in [1.29, 1.82) is 0 Å². The van der Waals surface area contributed by atoms with Gasteiger partial charge in [-0.25, -0.2) is 4.98 Å². The number of hydrogen-bond donors (Lipinski definition) is 3. The molecular weight excluding hydrogens is 262 g/mol. The molecule has 7 heteroatoms. The number of nitrogens with two attached hydrogens (primary N) is 1. The van der Waals surface area contributed by atoms with Gasteiger partial charge in [-0.2, -0.15) is 5.10 Å². The number of nitrogens with one attached hydrogen (secondary N) is 2. The highest BCUT2D eigenvalue weighted by Gasteiger charge is 2.42. The van der Waals surface area contributed by atoms with Crippen molar-refractivity contribution in [1.82, 2.24) is 20.5 Å². The number of hydrogen-bond acceptors (Lipinski definition) is 4. The van der Waals surface area contributed by atoms with Crippen molar-refractivity contribution in [3.63, 3.8) is 0 Å². The standard InChI is InChI=1S/C12H19N5OS/c1-8(9-14-7-15-17-9)16-11(18)12(10(13)19)5-3-2-4-6-12/h7-8H,2-6H2,1H3,(H2,13,19)(H,16,18)(H,14,15,17). The molecular formula is C12H19N5OS. The average Bonchev–Trinajstić information content (AvgIpc) is 2.93. The van der Waals surface area contributed by atoms with E-state index in [4.69, 9.17) is 18.0 Å². The van der Waals surface area contributed by atoms with Crippen LogP contribution in [0, 0.1) is 5.41 Å². The minimum atomic E-state index is -0.693. The number of nitrogens with zero attached hydrogens (tertiary/aromatic N) is 2. The first-order valence-electron chi connectivity index (χ1n) is 6.52. The van der Waals surface area contributed by atoms with E-state index >= 15 is 0 Å². The first-order valence-corrected chi connectivity index (χ1v) is 6.93. The number of H-pyrrole nitrogens is 1. The summed E-state index contributed by atoms with van der Waals surface area (Å²) in [5, 5.41) is 9.46. The second kappa shape index (κ2) is 5.64. The Morgan fingerprint density at radius 3 is 2.74 bits per heavy atom. The molecule has 0 radical (unpaired) electrons. The summed E-state index contributed by atoms with van der Waals surface area (Å²) in [6.07, 6.45) is 5.99. The lowest BCUT2D eigenvalue weighted by Crippen LogP contribution is -2.50. The molecule has 1 saturated carbocycles. The molecule has 6 nitrogen and oxygen atoms in total. The molecule has 0 spiro atoms. The molecule has 1 heterocycles. The zero-order chi connectivity index (χ0) is 13.9. The largest absolute Gasteiger partial charge is 0.392 e. The predicted octanol–water partition coefficient (Wildman–Crippen LogP) is 1.22. The van der Waals surface area contributed by atoms with Crippen molar-refractivity contribution in [2.45, 2.75) is 45.1 Å². The van der Waals surface area contributed by atoms with Crippen molar-refractivity contribution in [3.8, 4) is 0 Å².